The Kier molecular flexibility index (Phi) is 4.75. The second-order valence-corrected chi connectivity index (χ2v) is 8.98. The largest absolute Gasteiger partial charge is 0.363 e. The molecule has 1 saturated heterocycles. The Hall–Kier alpha value is -2.63. The molecular formula is C23H30N4O2. The van der Waals surface area contributed by atoms with Crippen LogP contribution in [0.15, 0.2) is 36.5 Å². The maximum atomic E-state index is 13.6. The highest BCUT2D eigenvalue weighted by Gasteiger charge is 2.47. The summed E-state index contributed by atoms with van der Waals surface area (Å²) in [4.78, 5) is 27.6. The number of carbonyl (C=O) groups is 2. The highest BCUT2D eigenvalue weighted by molar-refractivity contribution is 6.03. The quantitative estimate of drug-likeness (QED) is 0.846. The van der Waals surface area contributed by atoms with Crippen LogP contribution in [0.2, 0.25) is 0 Å². The molecule has 6 heteroatoms. The lowest BCUT2D eigenvalue weighted by Gasteiger charge is -2.39. The molecule has 1 atom stereocenters. The number of carbonyl (C=O) groups excluding carboxylic acids is 2. The van der Waals surface area contributed by atoms with E-state index in [-0.39, 0.29) is 35.4 Å². The van der Waals surface area contributed by atoms with Gasteiger partial charge in [0.25, 0.3) is 5.91 Å². The third-order valence-electron chi connectivity index (χ3n) is 6.78. The van der Waals surface area contributed by atoms with Crippen molar-refractivity contribution in [3.05, 3.63) is 47.7 Å². The third kappa shape index (κ3) is 3.15. The van der Waals surface area contributed by atoms with Crippen molar-refractivity contribution in [2.75, 3.05) is 11.9 Å². The number of ketones is 1. The molecule has 2 aliphatic heterocycles. The number of nitrogens with one attached hydrogen (secondary N) is 1. The molecule has 2 aromatic rings. The Morgan fingerprint density at radius 2 is 1.90 bits per heavy atom. The summed E-state index contributed by atoms with van der Waals surface area (Å²) in [5.41, 5.74) is 1.14. The summed E-state index contributed by atoms with van der Waals surface area (Å²) < 4.78 is 1.93. The lowest BCUT2D eigenvalue weighted by Crippen LogP contribution is -2.47. The second kappa shape index (κ2) is 7.01. The van der Waals surface area contributed by atoms with Gasteiger partial charge >= 0.3 is 0 Å². The first-order valence-corrected chi connectivity index (χ1v) is 10.5. The van der Waals surface area contributed by atoms with E-state index >= 15 is 0 Å². The Morgan fingerprint density at radius 1 is 1.21 bits per heavy atom. The van der Waals surface area contributed by atoms with E-state index in [0.717, 1.165) is 25.1 Å². The number of Topliss-reactive ketones (excluding diaryl/α,β-unsaturated/α-hetero) is 1. The van der Waals surface area contributed by atoms with Gasteiger partial charge in [-0.05, 0) is 38.7 Å². The number of benzene rings is 1. The minimum atomic E-state index is -0.383. The number of rotatable bonds is 4. The van der Waals surface area contributed by atoms with E-state index in [1.165, 1.54) is 5.56 Å². The molecule has 2 aliphatic rings. The predicted molar refractivity (Wildman–Crippen MR) is 113 cm³/mol. The van der Waals surface area contributed by atoms with E-state index in [0.29, 0.717) is 12.0 Å². The molecule has 6 nitrogen and oxygen atoms in total. The minimum absolute atomic E-state index is 0.0992. The average Bonchev–Trinajstić information content (AvgIpc) is 3.29. The Bertz CT molecular complexity index is 928. The standard InChI is InChI=1S/C23H30N4O2/c1-5-23(6-2)12-17(28)15-26(23)21(29)18-14-24-27-20(18)25-19(13-22(27,3)4)16-10-8-7-9-11-16/h7-11,14,19,25H,5-6,12-13,15H2,1-4H3. The molecule has 1 N–H and O–H groups in total. The van der Waals surface area contributed by atoms with Crippen LogP contribution < -0.4 is 5.32 Å². The van der Waals surface area contributed by atoms with Crippen molar-refractivity contribution in [3.63, 3.8) is 0 Å². The maximum absolute atomic E-state index is 13.6. The monoisotopic (exact) mass is 394 g/mol. The van der Waals surface area contributed by atoms with Gasteiger partial charge in [0.05, 0.1) is 29.9 Å². The van der Waals surface area contributed by atoms with Crippen LogP contribution in [0.4, 0.5) is 5.82 Å². The summed E-state index contributed by atoms with van der Waals surface area (Å²) in [6, 6.07) is 10.4. The van der Waals surface area contributed by atoms with Gasteiger partial charge in [-0.3, -0.25) is 9.59 Å². The first-order valence-electron chi connectivity index (χ1n) is 10.5. The molecule has 0 aliphatic carbocycles. The Balaban J connectivity index is 1.72. The van der Waals surface area contributed by atoms with Crippen LogP contribution >= 0.6 is 0 Å². The van der Waals surface area contributed by atoms with Gasteiger partial charge in [0.15, 0.2) is 5.78 Å². The summed E-state index contributed by atoms with van der Waals surface area (Å²) in [6.45, 7) is 8.61. The van der Waals surface area contributed by atoms with Gasteiger partial charge in [0.1, 0.15) is 11.4 Å². The molecule has 0 spiro atoms. The number of nitrogens with zero attached hydrogens (tertiary/aromatic N) is 3. The van der Waals surface area contributed by atoms with Gasteiger partial charge < -0.3 is 10.2 Å². The minimum Gasteiger partial charge on any atom is -0.363 e. The summed E-state index contributed by atoms with van der Waals surface area (Å²) >= 11 is 0. The normalized spacial score (nSPS) is 22.3. The van der Waals surface area contributed by atoms with Gasteiger partial charge in [-0.1, -0.05) is 44.2 Å². The number of anilines is 1. The second-order valence-electron chi connectivity index (χ2n) is 8.98. The molecule has 29 heavy (non-hydrogen) atoms. The highest BCUT2D eigenvalue weighted by Crippen LogP contribution is 2.41. The van der Waals surface area contributed by atoms with Gasteiger partial charge in [-0.25, -0.2) is 4.68 Å². The zero-order valence-electron chi connectivity index (χ0n) is 17.7. The molecule has 1 fully saturated rings. The van der Waals surface area contributed by atoms with E-state index in [2.05, 4.69) is 50.2 Å². The Labute approximate surface area is 172 Å². The van der Waals surface area contributed by atoms with Crippen molar-refractivity contribution >= 4 is 17.5 Å². The first kappa shape index (κ1) is 19.7. The van der Waals surface area contributed by atoms with E-state index in [9.17, 15) is 9.59 Å². The summed E-state index contributed by atoms with van der Waals surface area (Å²) in [5, 5.41) is 8.13. The van der Waals surface area contributed by atoms with Gasteiger partial charge in [-0.15, -0.1) is 0 Å². The smallest absolute Gasteiger partial charge is 0.260 e. The molecule has 1 aromatic carbocycles. The van der Waals surface area contributed by atoms with Gasteiger partial charge in [0.2, 0.25) is 0 Å². The average molecular weight is 395 g/mol. The molecule has 3 heterocycles. The first-order chi connectivity index (χ1) is 13.8. The molecule has 1 unspecified atom stereocenters. The Morgan fingerprint density at radius 3 is 2.55 bits per heavy atom. The van der Waals surface area contributed by atoms with Crippen LogP contribution in [-0.2, 0) is 10.3 Å². The predicted octanol–water partition coefficient (Wildman–Crippen LogP) is 4.15. The summed E-state index contributed by atoms with van der Waals surface area (Å²) in [6.07, 6.45) is 4.53. The van der Waals surface area contributed by atoms with E-state index in [4.69, 9.17) is 0 Å². The van der Waals surface area contributed by atoms with Crippen molar-refractivity contribution < 1.29 is 9.59 Å². The number of aromatic nitrogens is 2. The molecule has 4 rings (SSSR count). The van der Waals surface area contributed by atoms with Crippen LogP contribution in [0.25, 0.3) is 0 Å². The zero-order valence-corrected chi connectivity index (χ0v) is 17.7. The lowest BCUT2D eigenvalue weighted by atomic mass is 9.88. The van der Waals surface area contributed by atoms with Crippen molar-refractivity contribution in [1.82, 2.24) is 14.7 Å². The maximum Gasteiger partial charge on any atom is 0.260 e. The topological polar surface area (TPSA) is 67.2 Å². The fourth-order valence-corrected chi connectivity index (χ4v) is 4.97. The van der Waals surface area contributed by atoms with Crippen LogP contribution in [0.3, 0.4) is 0 Å². The van der Waals surface area contributed by atoms with Gasteiger partial charge in [-0.2, -0.15) is 5.10 Å². The number of hydrogen-bond acceptors (Lipinski definition) is 4. The number of hydrogen-bond donors (Lipinski definition) is 1. The molecular weight excluding hydrogens is 364 g/mol. The fraction of sp³-hybridized carbons (Fsp3) is 0.522. The van der Waals surface area contributed by atoms with E-state index in [1.54, 1.807) is 11.1 Å². The van der Waals surface area contributed by atoms with Crippen molar-refractivity contribution in [3.8, 4) is 0 Å². The molecule has 0 bridgehead atoms. The third-order valence-corrected chi connectivity index (χ3v) is 6.78. The summed E-state index contributed by atoms with van der Waals surface area (Å²) in [7, 11) is 0. The van der Waals surface area contributed by atoms with Gasteiger partial charge in [0, 0.05) is 6.42 Å². The highest BCUT2D eigenvalue weighted by atomic mass is 16.2. The van der Waals surface area contributed by atoms with Crippen molar-refractivity contribution in [2.24, 2.45) is 0 Å². The van der Waals surface area contributed by atoms with Crippen molar-refractivity contribution in [2.45, 2.75) is 70.5 Å². The molecule has 1 amide bonds. The van der Waals surface area contributed by atoms with Crippen LogP contribution in [-0.4, -0.2) is 38.5 Å². The molecule has 0 saturated carbocycles. The number of amides is 1. The summed E-state index contributed by atoms with van der Waals surface area (Å²) in [5.74, 6) is 0.789. The fourth-order valence-electron chi connectivity index (χ4n) is 4.97. The van der Waals surface area contributed by atoms with Crippen molar-refractivity contribution in [1.29, 1.82) is 0 Å². The van der Waals surface area contributed by atoms with E-state index in [1.807, 2.05) is 22.9 Å². The number of likely N-dealkylation sites (tertiary alicyclic amines) is 1. The number of fused-ring (bicyclic) bond motifs is 1. The SMILES string of the molecule is CCC1(CC)CC(=O)CN1C(=O)c1cnn2c1NC(c1ccccc1)CC2(C)C. The zero-order chi connectivity index (χ0) is 20.8. The molecule has 0 radical (unpaired) electrons. The lowest BCUT2D eigenvalue weighted by molar-refractivity contribution is -0.117. The van der Waals surface area contributed by atoms with Crippen LogP contribution in [0.1, 0.15) is 75.3 Å². The molecule has 154 valence electrons. The van der Waals surface area contributed by atoms with Crippen LogP contribution in [0.5, 0.6) is 0 Å². The van der Waals surface area contributed by atoms with Crippen LogP contribution in [0, 0.1) is 0 Å². The molecule has 1 aromatic heterocycles. The van der Waals surface area contributed by atoms with E-state index < -0.39 is 0 Å².